The zero-order valence-corrected chi connectivity index (χ0v) is 10.7. The summed E-state index contributed by atoms with van der Waals surface area (Å²) in [6, 6.07) is 11.1. The van der Waals surface area contributed by atoms with E-state index in [1.807, 2.05) is 31.2 Å². The maximum atomic E-state index is 13.5. The number of hydrogen-bond donors (Lipinski definition) is 1. The van der Waals surface area contributed by atoms with Crippen LogP contribution in [0.2, 0.25) is 0 Å². The quantitative estimate of drug-likeness (QED) is 0.895. The topological polar surface area (TPSA) is 20.2 Å². The minimum absolute atomic E-state index is 0.109. The highest BCUT2D eigenvalue weighted by molar-refractivity contribution is 5.24. The van der Waals surface area contributed by atoms with Crippen molar-refractivity contribution in [1.29, 1.82) is 0 Å². The molecule has 19 heavy (non-hydrogen) atoms. The van der Waals surface area contributed by atoms with Crippen molar-refractivity contribution < 1.29 is 13.9 Å². The van der Waals surface area contributed by atoms with Crippen LogP contribution in [-0.4, -0.2) is 11.2 Å². The van der Waals surface area contributed by atoms with Crippen molar-refractivity contribution in [2.24, 2.45) is 0 Å². The predicted molar refractivity (Wildman–Crippen MR) is 71.0 cm³/mol. The molecule has 0 aliphatic carbocycles. The van der Waals surface area contributed by atoms with E-state index in [1.54, 1.807) is 0 Å². The summed E-state index contributed by atoms with van der Waals surface area (Å²) in [5.74, 6) is -0.969. The van der Waals surface area contributed by atoms with Crippen LogP contribution in [0.1, 0.15) is 16.7 Å². The Morgan fingerprint density at radius 3 is 2.58 bits per heavy atom. The van der Waals surface area contributed by atoms with Gasteiger partial charge in [0.15, 0.2) is 0 Å². The highest BCUT2D eigenvalue weighted by atomic mass is 19.1. The van der Waals surface area contributed by atoms with Crippen LogP contribution in [0.5, 0.6) is 0 Å². The lowest BCUT2D eigenvalue weighted by molar-refractivity contribution is 0.174. The molecule has 2 rings (SSSR count). The number of rotatable bonds is 4. The third-order valence-corrected chi connectivity index (χ3v) is 3.02. The fraction of sp³-hybridized carbons (Fsp3) is 0.250. The smallest absolute Gasteiger partial charge is 0.126 e. The molecular weight excluding hydrogens is 246 g/mol. The van der Waals surface area contributed by atoms with Gasteiger partial charge in [0.25, 0.3) is 0 Å². The van der Waals surface area contributed by atoms with E-state index >= 15 is 0 Å². The van der Waals surface area contributed by atoms with Gasteiger partial charge in [-0.25, -0.2) is 8.78 Å². The van der Waals surface area contributed by atoms with Gasteiger partial charge in [-0.05, 0) is 42.7 Å². The molecule has 3 heteroatoms. The van der Waals surface area contributed by atoms with Crippen LogP contribution in [0, 0.1) is 18.6 Å². The third kappa shape index (κ3) is 3.86. The average molecular weight is 262 g/mol. The van der Waals surface area contributed by atoms with E-state index in [9.17, 15) is 13.9 Å². The Morgan fingerprint density at radius 2 is 1.84 bits per heavy atom. The molecular formula is C16H16F2O. The van der Waals surface area contributed by atoms with Crippen LogP contribution in [0.15, 0.2) is 42.5 Å². The summed E-state index contributed by atoms with van der Waals surface area (Å²) >= 11 is 0. The number of hydrogen-bond acceptors (Lipinski definition) is 1. The van der Waals surface area contributed by atoms with Crippen molar-refractivity contribution in [3.63, 3.8) is 0 Å². The number of halogens is 2. The highest BCUT2D eigenvalue weighted by Crippen LogP contribution is 2.14. The fourth-order valence-corrected chi connectivity index (χ4v) is 2.14. The Kier molecular flexibility index (Phi) is 4.27. The Hall–Kier alpha value is -1.74. The SMILES string of the molecule is Cc1cccc(CC(O)Cc2cc(F)ccc2F)c1. The normalized spacial score (nSPS) is 12.4. The van der Waals surface area contributed by atoms with E-state index in [1.165, 1.54) is 0 Å². The Bertz CT molecular complexity index is 566. The Labute approximate surface area is 111 Å². The van der Waals surface area contributed by atoms with Crippen LogP contribution < -0.4 is 0 Å². The molecule has 0 aliphatic rings. The van der Waals surface area contributed by atoms with E-state index in [0.29, 0.717) is 6.42 Å². The van der Waals surface area contributed by atoms with Crippen molar-refractivity contribution in [3.8, 4) is 0 Å². The standard InChI is InChI=1S/C16H16F2O/c1-11-3-2-4-12(7-11)8-15(19)10-13-9-14(17)5-6-16(13)18/h2-7,9,15,19H,8,10H2,1H3. The minimum atomic E-state index is -0.724. The van der Waals surface area contributed by atoms with Gasteiger partial charge in [-0.3, -0.25) is 0 Å². The first-order chi connectivity index (χ1) is 9.04. The molecule has 0 saturated heterocycles. The second kappa shape index (κ2) is 5.93. The molecule has 0 aliphatic heterocycles. The Balaban J connectivity index is 2.05. The second-order valence-electron chi connectivity index (χ2n) is 4.79. The first kappa shape index (κ1) is 13.7. The maximum absolute atomic E-state index is 13.5. The van der Waals surface area contributed by atoms with Crippen LogP contribution >= 0.6 is 0 Å². The van der Waals surface area contributed by atoms with E-state index in [-0.39, 0.29) is 12.0 Å². The van der Waals surface area contributed by atoms with E-state index in [0.717, 1.165) is 29.3 Å². The van der Waals surface area contributed by atoms with Crippen molar-refractivity contribution in [1.82, 2.24) is 0 Å². The summed E-state index contributed by atoms with van der Waals surface area (Å²) in [6.45, 7) is 1.97. The molecule has 0 spiro atoms. The van der Waals surface area contributed by atoms with Gasteiger partial charge in [0.1, 0.15) is 11.6 Å². The van der Waals surface area contributed by atoms with Gasteiger partial charge >= 0.3 is 0 Å². The zero-order chi connectivity index (χ0) is 13.8. The van der Waals surface area contributed by atoms with Crippen molar-refractivity contribution in [3.05, 3.63) is 70.8 Å². The zero-order valence-electron chi connectivity index (χ0n) is 10.7. The molecule has 0 aromatic heterocycles. The molecule has 2 aromatic carbocycles. The molecule has 100 valence electrons. The molecule has 0 radical (unpaired) electrons. The maximum Gasteiger partial charge on any atom is 0.126 e. The van der Waals surface area contributed by atoms with Crippen LogP contribution in [0.4, 0.5) is 8.78 Å². The molecule has 0 heterocycles. The molecule has 1 N–H and O–H groups in total. The van der Waals surface area contributed by atoms with Gasteiger partial charge in [-0.15, -0.1) is 0 Å². The summed E-state index contributed by atoms with van der Waals surface area (Å²) in [7, 11) is 0. The lowest BCUT2D eigenvalue weighted by atomic mass is 10.00. The van der Waals surface area contributed by atoms with Crippen LogP contribution in [0.25, 0.3) is 0 Å². The van der Waals surface area contributed by atoms with Crippen molar-refractivity contribution >= 4 is 0 Å². The van der Waals surface area contributed by atoms with Gasteiger partial charge < -0.3 is 5.11 Å². The lowest BCUT2D eigenvalue weighted by Crippen LogP contribution is -2.15. The van der Waals surface area contributed by atoms with E-state index in [4.69, 9.17) is 0 Å². The summed E-state index contributed by atoms with van der Waals surface area (Å²) in [4.78, 5) is 0. The number of benzene rings is 2. The number of aliphatic hydroxyl groups is 1. The first-order valence-corrected chi connectivity index (χ1v) is 6.22. The van der Waals surface area contributed by atoms with E-state index in [2.05, 4.69) is 0 Å². The van der Waals surface area contributed by atoms with Crippen LogP contribution in [-0.2, 0) is 12.8 Å². The molecule has 0 fully saturated rings. The van der Waals surface area contributed by atoms with Gasteiger partial charge in [0.05, 0.1) is 6.10 Å². The van der Waals surface area contributed by atoms with Crippen molar-refractivity contribution in [2.75, 3.05) is 0 Å². The van der Waals surface area contributed by atoms with Crippen molar-refractivity contribution in [2.45, 2.75) is 25.9 Å². The number of aliphatic hydroxyl groups excluding tert-OH is 1. The summed E-state index contributed by atoms with van der Waals surface area (Å²) in [5, 5.41) is 9.97. The molecule has 1 nitrogen and oxygen atoms in total. The third-order valence-electron chi connectivity index (χ3n) is 3.02. The molecule has 1 unspecified atom stereocenters. The highest BCUT2D eigenvalue weighted by Gasteiger charge is 2.11. The minimum Gasteiger partial charge on any atom is -0.392 e. The van der Waals surface area contributed by atoms with Gasteiger partial charge in [0.2, 0.25) is 0 Å². The largest absolute Gasteiger partial charge is 0.392 e. The average Bonchev–Trinajstić information content (AvgIpc) is 2.34. The first-order valence-electron chi connectivity index (χ1n) is 6.22. The predicted octanol–water partition coefficient (Wildman–Crippen LogP) is 3.42. The molecule has 0 saturated carbocycles. The summed E-state index contributed by atoms with van der Waals surface area (Å²) in [6.07, 6.45) is -0.187. The Morgan fingerprint density at radius 1 is 1.05 bits per heavy atom. The summed E-state index contributed by atoms with van der Waals surface area (Å²) in [5.41, 5.74) is 2.31. The lowest BCUT2D eigenvalue weighted by Gasteiger charge is -2.12. The van der Waals surface area contributed by atoms with Gasteiger partial charge in [0, 0.05) is 6.42 Å². The molecule has 1 atom stereocenters. The fourth-order valence-electron chi connectivity index (χ4n) is 2.14. The summed E-state index contributed by atoms with van der Waals surface area (Å²) < 4.78 is 26.5. The molecule has 0 amide bonds. The van der Waals surface area contributed by atoms with Crippen LogP contribution in [0.3, 0.4) is 0 Å². The molecule has 2 aromatic rings. The monoisotopic (exact) mass is 262 g/mol. The second-order valence-corrected chi connectivity index (χ2v) is 4.79. The number of aryl methyl sites for hydroxylation is 1. The van der Waals surface area contributed by atoms with Gasteiger partial charge in [-0.2, -0.15) is 0 Å². The van der Waals surface area contributed by atoms with Gasteiger partial charge in [-0.1, -0.05) is 29.8 Å². The van der Waals surface area contributed by atoms with E-state index < -0.39 is 17.7 Å². The molecule has 0 bridgehead atoms.